The highest BCUT2D eigenvalue weighted by Gasteiger charge is 2.21. The van der Waals surface area contributed by atoms with Crippen LogP contribution in [0.25, 0.3) is 0 Å². The molecule has 0 aliphatic heterocycles. The minimum absolute atomic E-state index is 0. The molecule has 1 aromatic rings. The van der Waals surface area contributed by atoms with E-state index >= 15 is 0 Å². The van der Waals surface area contributed by atoms with Crippen molar-refractivity contribution in [2.24, 2.45) is 5.73 Å². The number of hydrogen-bond acceptors (Lipinski definition) is 3. The van der Waals surface area contributed by atoms with Crippen LogP contribution in [0.1, 0.15) is 24.9 Å². The van der Waals surface area contributed by atoms with Crippen molar-refractivity contribution in [1.29, 1.82) is 10.8 Å². The van der Waals surface area contributed by atoms with Crippen LogP contribution in [0.5, 0.6) is 0 Å². The summed E-state index contributed by atoms with van der Waals surface area (Å²) in [7, 11) is 1.49. The van der Waals surface area contributed by atoms with Gasteiger partial charge < -0.3 is 5.73 Å². The molecule has 106 valence electrons. The first-order valence-electron chi connectivity index (χ1n) is 5.68. The molecule has 7 heteroatoms. The van der Waals surface area contributed by atoms with Crippen molar-refractivity contribution in [1.82, 2.24) is 10.4 Å². The molecule has 0 heterocycles. The van der Waals surface area contributed by atoms with Gasteiger partial charge in [0.2, 0.25) is 5.96 Å². The first kappa shape index (κ1) is 17.2. The fourth-order valence-corrected chi connectivity index (χ4v) is 1.77. The first-order valence-corrected chi connectivity index (χ1v) is 5.68. The highest BCUT2D eigenvalue weighted by Crippen LogP contribution is 2.23. The monoisotopic (exact) mass is 285 g/mol. The Morgan fingerprint density at radius 3 is 2.37 bits per heavy atom. The highest BCUT2D eigenvalue weighted by molar-refractivity contribution is 5.94. The molecule has 0 aliphatic carbocycles. The number of nitrogens with zero attached hydrogens (tertiary/aromatic N) is 1. The lowest BCUT2D eigenvalue weighted by molar-refractivity contribution is -0.103. The molecule has 0 saturated heterocycles. The molecular formula is C12H20ClN5O. The molecule has 0 spiro atoms. The average Bonchev–Trinajstić information content (AvgIpc) is 2.35. The summed E-state index contributed by atoms with van der Waals surface area (Å²) in [5, 5.41) is 18.8. The molecule has 0 fully saturated rings. The third kappa shape index (κ3) is 4.76. The van der Waals surface area contributed by atoms with E-state index in [1.54, 1.807) is 0 Å². The number of halogens is 1. The van der Waals surface area contributed by atoms with E-state index in [-0.39, 0.29) is 30.4 Å². The predicted octanol–water partition coefficient (Wildman–Crippen LogP) is 1.84. The standard InChI is InChI=1S/C12H19N5O.ClH/c1-3-10(9-7-5-4-6-8-9)17(18-2)12(15)16-11(13)14;/h4-8,10H,3H2,1-2H3,(H5,13,14,15,16);1H. The zero-order chi connectivity index (χ0) is 13.5. The number of benzene rings is 1. The van der Waals surface area contributed by atoms with Gasteiger partial charge in [-0.25, -0.2) is 5.06 Å². The third-order valence-electron chi connectivity index (χ3n) is 2.52. The number of nitrogens with two attached hydrogens (primary N) is 1. The van der Waals surface area contributed by atoms with Crippen LogP contribution in [0.3, 0.4) is 0 Å². The smallest absolute Gasteiger partial charge is 0.222 e. The van der Waals surface area contributed by atoms with Crippen molar-refractivity contribution in [3.63, 3.8) is 0 Å². The summed E-state index contributed by atoms with van der Waals surface area (Å²) in [6, 6.07) is 9.66. The second-order valence-corrected chi connectivity index (χ2v) is 3.73. The largest absolute Gasteiger partial charge is 0.370 e. The maximum atomic E-state index is 7.83. The Bertz CT molecular complexity index is 412. The number of nitrogens with one attached hydrogen (secondary N) is 3. The van der Waals surface area contributed by atoms with E-state index < -0.39 is 0 Å². The maximum absolute atomic E-state index is 7.83. The Balaban J connectivity index is 0.00000324. The van der Waals surface area contributed by atoms with Gasteiger partial charge in [0.1, 0.15) is 0 Å². The minimum Gasteiger partial charge on any atom is -0.370 e. The van der Waals surface area contributed by atoms with Gasteiger partial charge in [0.15, 0.2) is 5.96 Å². The molecule has 0 aromatic heterocycles. The van der Waals surface area contributed by atoms with Crippen LogP contribution in [0, 0.1) is 10.8 Å². The van der Waals surface area contributed by atoms with Gasteiger partial charge in [-0.05, 0) is 12.0 Å². The van der Waals surface area contributed by atoms with Crippen molar-refractivity contribution in [3.05, 3.63) is 35.9 Å². The van der Waals surface area contributed by atoms with E-state index in [2.05, 4.69) is 5.32 Å². The molecule has 5 N–H and O–H groups in total. The molecule has 1 atom stereocenters. The Kier molecular flexibility index (Phi) is 7.55. The van der Waals surface area contributed by atoms with Crippen LogP contribution < -0.4 is 11.1 Å². The lowest BCUT2D eigenvalue weighted by Gasteiger charge is -2.30. The molecule has 6 nitrogen and oxygen atoms in total. The summed E-state index contributed by atoms with van der Waals surface area (Å²) in [6.45, 7) is 2.00. The van der Waals surface area contributed by atoms with E-state index in [4.69, 9.17) is 21.4 Å². The Morgan fingerprint density at radius 1 is 1.37 bits per heavy atom. The Labute approximate surface area is 119 Å². The second kappa shape index (κ2) is 8.34. The normalized spacial score (nSPS) is 11.1. The van der Waals surface area contributed by atoms with Gasteiger partial charge in [-0.2, -0.15) is 0 Å². The Hall–Kier alpha value is -1.79. The minimum atomic E-state index is -0.287. The summed E-state index contributed by atoms with van der Waals surface area (Å²) in [5.74, 6) is -0.342. The van der Waals surface area contributed by atoms with Gasteiger partial charge in [-0.1, -0.05) is 37.3 Å². The van der Waals surface area contributed by atoms with Crippen molar-refractivity contribution in [3.8, 4) is 0 Å². The van der Waals surface area contributed by atoms with Gasteiger partial charge in [0.25, 0.3) is 0 Å². The molecule has 0 saturated carbocycles. The summed E-state index contributed by atoms with van der Waals surface area (Å²) < 4.78 is 0. The fraction of sp³-hybridized carbons (Fsp3) is 0.333. The zero-order valence-corrected chi connectivity index (χ0v) is 11.8. The van der Waals surface area contributed by atoms with Gasteiger partial charge in [-0.15, -0.1) is 12.4 Å². The van der Waals surface area contributed by atoms with Crippen molar-refractivity contribution >= 4 is 24.3 Å². The highest BCUT2D eigenvalue weighted by atomic mass is 35.5. The number of hydroxylamine groups is 2. The summed E-state index contributed by atoms with van der Waals surface area (Å²) in [4.78, 5) is 5.21. The molecule has 0 bridgehead atoms. The fourth-order valence-electron chi connectivity index (χ4n) is 1.77. The molecule has 19 heavy (non-hydrogen) atoms. The lowest BCUT2D eigenvalue weighted by Crippen LogP contribution is -2.46. The van der Waals surface area contributed by atoms with E-state index in [0.717, 1.165) is 12.0 Å². The molecule has 0 radical (unpaired) electrons. The van der Waals surface area contributed by atoms with E-state index in [0.29, 0.717) is 0 Å². The molecule has 1 aromatic carbocycles. The molecule has 1 unspecified atom stereocenters. The number of rotatable bonds is 4. The number of guanidine groups is 2. The van der Waals surface area contributed by atoms with Crippen LogP contribution in [0.15, 0.2) is 30.3 Å². The SMILES string of the molecule is CCC(c1ccccc1)N(OC)C(=N)NC(=N)N.Cl. The van der Waals surface area contributed by atoms with Crippen LogP contribution in [0.2, 0.25) is 0 Å². The van der Waals surface area contributed by atoms with Crippen LogP contribution >= 0.6 is 12.4 Å². The topological polar surface area (TPSA) is 98.2 Å². The molecular weight excluding hydrogens is 266 g/mol. The van der Waals surface area contributed by atoms with Crippen LogP contribution in [0.4, 0.5) is 0 Å². The predicted molar refractivity (Wildman–Crippen MR) is 78.3 cm³/mol. The lowest BCUT2D eigenvalue weighted by atomic mass is 10.0. The van der Waals surface area contributed by atoms with Gasteiger partial charge in [0, 0.05) is 0 Å². The van der Waals surface area contributed by atoms with Gasteiger partial charge in [0.05, 0.1) is 13.2 Å². The van der Waals surface area contributed by atoms with Crippen molar-refractivity contribution in [2.75, 3.05) is 7.11 Å². The Morgan fingerprint density at radius 2 is 1.95 bits per heavy atom. The van der Waals surface area contributed by atoms with Gasteiger partial charge in [-0.3, -0.25) is 21.0 Å². The van der Waals surface area contributed by atoms with Crippen LogP contribution in [-0.4, -0.2) is 24.1 Å². The summed E-state index contributed by atoms with van der Waals surface area (Å²) in [5.41, 5.74) is 6.25. The maximum Gasteiger partial charge on any atom is 0.222 e. The van der Waals surface area contributed by atoms with E-state index in [1.165, 1.54) is 12.2 Å². The summed E-state index contributed by atoms with van der Waals surface area (Å²) >= 11 is 0. The summed E-state index contributed by atoms with van der Waals surface area (Å²) in [6.07, 6.45) is 0.764. The number of hydrogen-bond donors (Lipinski definition) is 4. The van der Waals surface area contributed by atoms with Crippen molar-refractivity contribution in [2.45, 2.75) is 19.4 Å². The molecule has 0 aliphatic rings. The molecule has 1 rings (SSSR count). The zero-order valence-electron chi connectivity index (χ0n) is 11.0. The quantitative estimate of drug-likeness (QED) is 0.385. The van der Waals surface area contributed by atoms with E-state index in [9.17, 15) is 0 Å². The van der Waals surface area contributed by atoms with Crippen LogP contribution in [-0.2, 0) is 4.84 Å². The van der Waals surface area contributed by atoms with Crippen molar-refractivity contribution < 1.29 is 4.84 Å². The van der Waals surface area contributed by atoms with E-state index in [1.807, 2.05) is 37.3 Å². The molecule has 0 amide bonds. The first-order chi connectivity index (χ1) is 8.60. The van der Waals surface area contributed by atoms with Gasteiger partial charge >= 0.3 is 0 Å². The second-order valence-electron chi connectivity index (χ2n) is 3.73. The third-order valence-corrected chi connectivity index (χ3v) is 2.52. The average molecular weight is 286 g/mol.